The quantitative estimate of drug-likeness (QED) is 0.457. The van der Waals surface area contributed by atoms with E-state index in [0.717, 1.165) is 11.5 Å². The number of amides is 4. The molecule has 4 heterocycles. The molecule has 1 aromatic heterocycles. The lowest BCUT2D eigenvalue weighted by Crippen LogP contribution is -2.58. The molecule has 3 aliphatic rings. The van der Waals surface area contributed by atoms with Crippen molar-refractivity contribution < 1.29 is 19.2 Å². The van der Waals surface area contributed by atoms with Crippen molar-refractivity contribution in [2.75, 3.05) is 24.6 Å². The van der Waals surface area contributed by atoms with E-state index in [4.69, 9.17) is 0 Å². The molecule has 0 saturated carbocycles. The summed E-state index contributed by atoms with van der Waals surface area (Å²) in [6.45, 7) is 6.56. The van der Waals surface area contributed by atoms with Gasteiger partial charge in [0.2, 0.25) is 17.7 Å². The minimum Gasteiger partial charge on any atom is -0.356 e. The lowest BCUT2D eigenvalue weighted by molar-refractivity contribution is -0.142. The molecule has 204 valence electrons. The molecule has 0 radical (unpaired) electrons. The third-order valence-electron chi connectivity index (χ3n) is 7.16. The standard InChI is InChI=1S/C26H34N6O4S2/c1-25(2,3)20(31-22(34)17-5-4-7-28-14-17)24(36)32-15-26(37-9-10-38-26)12-19(32)23(35)30-18(13-27)11-16-6-8-29-21(16)33/h4-5,7,14,16,18-20H,6,8-12,15H2,1-3H3,(H,29,33)(H,30,35)(H,31,34)/t16-,18-,19-,20+/m0/s1. The van der Waals surface area contributed by atoms with Gasteiger partial charge in [-0.05, 0) is 30.4 Å². The van der Waals surface area contributed by atoms with Gasteiger partial charge in [-0.2, -0.15) is 5.26 Å². The number of rotatable bonds is 7. The number of aromatic nitrogens is 1. The minimum atomic E-state index is -0.883. The molecule has 0 unspecified atom stereocenters. The van der Waals surface area contributed by atoms with Crippen LogP contribution in [0.1, 0.15) is 50.4 Å². The number of nitrogens with one attached hydrogen (secondary N) is 3. The van der Waals surface area contributed by atoms with E-state index in [1.54, 1.807) is 46.8 Å². The van der Waals surface area contributed by atoms with Gasteiger partial charge in [-0.25, -0.2) is 0 Å². The Morgan fingerprint density at radius 1 is 1.29 bits per heavy atom. The summed E-state index contributed by atoms with van der Waals surface area (Å²) < 4.78 is -0.305. The zero-order valence-corrected chi connectivity index (χ0v) is 23.5. The van der Waals surface area contributed by atoms with Crippen molar-refractivity contribution in [1.82, 2.24) is 25.8 Å². The zero-order valence-electron chi connectivity index (χ0n) is 21.9. The molecule has 3 saturated heterocycles. The Labute approximate surface area is 231 Å². The number of pyridine rings is 1. The molecule has 1 spiro atoms. The monoisotopic (exact) mass is 558 g/mol. The molecule has 0 aromatic carbocycles. The van der Waals surface area contributed by atoms with Crippen LogP contribution in [0.5, 0.6) is 0 Å². The largest absolute Gasteiger partial charge is 0.356 e. The molecule has 0 bridgehead atoms. The van der Waals surface area contributed by atoms with Gasteiger partial charge in [-0.1, -0.05) is 20.8 Å². The van der Waals surface area contributed by atoms with Crippen molar-refractivity contribution in [3.8, 4) is 6.07 Å². The van der Waals surface area contributed by atoms with Gasteiger partial charge in [-0.3, -0.25) is 24.2 Å². The Hall–Kier alpha value is -2.78. The number of thioether (sulfide) groups is 2. The maximum atomic E-state index is 14.1. The second-order valence-corrected chi connectivity index (χ2v) is 14.2. The SMILES string of the molecule is CC(C)(C)[C@H](NC(=O)c1cccnc1)C(=O)N1CC2(C[C@H]1C(=O)N[C@H](C#N)C[C@@H]1CCNC1=O)SCCS2. The summed E-state index contributed by atoms with van der Waals surface area (Å²) in [5.41, 5.74) is -0.288. The average molecular weight is 559 g/mol. The molecule has 3 aliphatic heterocycles. The van der Waals surface area contributed by atoms with Gasteiger partial charge in [0.15, 0.2) is 0 Å². The molecule has 1 aromatic rings. The Bertz CT molecular complexity index is 1110. The number of nitrogens with zero attached hydrogens (tertiary/aromatic N) is 3. The highest BCUT2D eigenvalue weighted by Crippen LogP contribution is 2.52. The van der Waals surface area contributed by atoms with E-state index >= 15 is 0 Å². The average Bonchev–Trinajstić information content (AvgIpc) is 3.62. The third-order valence-corrected chi connectivity index (χ3v) is 10.6. The predicted molar refractivity (Wildman–Crippen MR) is 146 cm³/mol. The first-order valence-electron chi connectivity index (χ1n) is 12.8. The summed E-state index contributed by atoms with van der Waals surface area (Å²) in [6.07, 6.45) is 4.32. The van der Waals surface area contributed by atoms with Gasteiger partial charge in [0.1, 0.15) is 18.1 Å². The van der Waals surface area contributed by atoms with Gasteiger partial charge in [0.05, 0.1) is 15.7 Å². The first-order valence-corrected chi connectivity index (χ1v) is 14.8. The highest BCUT2D eigenvalue weighted by Gasteiger charge is 2.53. The number of hydrogen-bond acceptors (Lipinski definition) is 8. The maximum Gasteiger partial charge on any atom is 0.253 e. The van der Waals surface area contributed by atoms with Gasteiger partial charge in [-0.15, -0.1) is 23.5 Å². The van der Waals surface area contributed by atoms with Crippen molar-refractivity contribution in [2.45, 2.75) is 62.2 Å². The first kappa shape index (κ1) is 28.2. The van der Waals surface area contributed by atoms with Gasteiger partial charge < -0.3 is 20.9 Å². The van der Waals surface area contributed by atoms with Crippen LogP contribution in [0, 0.1) is 22.7 Å². The molecule has 4 amide bonds. The van der Waals surface area contributed by atoms with Crippen LogP contribution in [0.3, 0.4) is 0 Å². The molecule has 0 aliphatic carbocycles. The number of likely N-dealkylation sites (tertiary alicyclic amines) is 1. The van der Waals surface area contributed by atoms with E-state index in [9.17, 15) is 24.4 Å². The molecule has 3 N–H and O–H groups in total. The molecule has 12 heteroatoms. The summed E-state index contributed by atoms with van der Waals surface area (Å²) in [5, 5.41) is 18.2. The summed E-state index contributed by atoms with van der Waals surface area (Å²) >= 11 is 3.50. The van der Waals surface area contributed by atoms with E-state index in [0.29, 0.717) is 31.5 Å². The summed E-state index contributed by atoms with van der Waals surface area (Å²) in [6, 6.07) is 2.90. The molecular weight excluding hydrogens is 524 g/mol. The van der Waals surface area contributed by atoms with Gasteiger partial charge in [0, 0.05) is 49.3 Å². The molecule has 4 atom stereocenters. The normalized spacial score (nSPS) is 23.9. The van der Waals surface area contributed by atoms with Crippen LogP contribution in [0.25, 0.3) is 0 Å². The van der Waals surface area contributed by atoms with E-state index < -0.39 is 35.4 Å². The van der Waals surface area contributed by atoms with Crippen LogP contribution < -0.4 is 16.0 Å². The fourth-order valence-electron chi connectivity index (χ4n) is 5.10. The Balaban J connectivity index is 1.54. The molecular formula is C26H34N6O4S2. The van der Waals surface area contributed by atoms with E-state index in [-0.39, 0.29) is 28.2 Å². The van der Waals surface area contributed by atoms with E-state index in [2.05, 4.69) is 27.0 Å². The lowest BCUT2D eigenvalue weighted by atomic mass is 9.85. The van der Waals surface area contributed by atoms with Crippen LogP contribution in [-0.4, -0.2) is 80.3 Å². The maximum absolute atomic E-state index is 14.1. The number of carbonyl (C=O) groups is 4. The fraction of sp³-hybridized carbons (Fsp3) is 0.615. The van der Waals surface area contributed by atoms with Gasteiger partial charge >= 0.3 is 0 Å². The smallest absolute Gasteiger partial charge is 0.253 e. The van der Waals surface area contributed by atoms with Crippen LogP contribution in [0.4, 0.5) is 0 Å². The second kappa shape index (κ2) is 11.5. The predicted octanol–water partition coefficient (Wildman–Crippen LogP) is 1.54. The highest BCUT2D eigenvalue weighted by atomic mass is 32.2. The minimum absolute atomic E-state index is 0.104. The Morgan fingerprint density at radius 2 is 2.03 bits per heavy atom. The summed E-state index contributed by atoms with van der Waals surface area (Å²) in [4.78, 5) is 58.2. The first-order chi connectivity index (χ1) is 18.0. The number of carbonyl (C=O) groups excluding carboxylic acids is 4. The van der Waals surface area contributed by atoms with Crippen LogP contribution in [-0.2, 0) is 14.4 Å². The molecule has 4 rings (SSSR count). The van der Waals surface area contributed by atoms with Crippen molar-refractivity contribution in [1.29, 1.82) is 5.26 Å². The van der Waals surface area contributed by atoms with Crippen molar-refractivity contribution in [3.05, 3.63) is 30.1 Å². The van der Waals surface area contributed by atoms with Crippen LogP contribution >= 0.6 is 23.5 Å². The van der Waals surface area contributed by atoms with E-state index in [1.165, 1.54) is 6.20 Å². The van der Waals surface area contributed by atoms with Crippen molar-refractivity contribution in [3.63, 3.8) is 0 Å². The third kappa shape index (κ3) is 6.26. The number of hydrogen-bond donors (Lipinski definition) is 3. The van der Waals surface area contributed by atoms with Crippen LogP contribution in [0.2, 0.25) is 0 Å². The molecule has 38 heavy (non-hydrogen) atoms. The number of nitriles is 1. The lowest BCUT2D eigenvalue weighted by Gasteiger charge is -2.35. The van der Waals surface area contributed by atoms with Crippen molar-refractivity contribution >= 4 is 47.2 Å². The Kier molecular flexibility index (Phi) is 8.57. The topological polar surface area (TPSA) is 144 Å². The molecule has 10 nitrogen and oxygen atoms in total. The Morgan fingerprint density at radius 3 is 2.61 bits per heavy atom. The summed E-state index contributed by atoms with van der Waals surface area (Å²) in [5.74, 6) is 0.292. The van der Waals surface area contributed by atoms with Gasteiger partial charge in [0.25, 0.3) is 5.91 Å². The summed E-state index contributed by atoms with van der Waals surface area (Å²) in [7, 11) is 0. The molecule has 3 fully saturated rings. The zero-order chi connectivity index (χ0) is 27.5. The van der Waals surface area contributed by atoms with E-state index in [1.807, 2.05) is 20.8 Å². The fourth-order valence-corrected chi connectivity index (χ4v) is 8.36. The second-order valence-electron chi connectivity index (χ2n) is 11.0. The van der Waals surface area contributed by atoms with Crippen LogP contribution in [0.15, 0.2) is 24.5 Å². The highest BCUT2D eigenvalue weighted by molar-refractivity contribution is 8.21. The van der Waals surface area contributed by atoms with Crippen molar-refractivity contribution in [2.24, 2.45) is 11.3 Å².